The molecule has 1 aromatic heterocycles. The first-order valence-corrected chi connectivity index (χ1v) is 6.15. The molecule has 0 aliphatic heterocycles. The first-order valence-electron chi connectivity index (χ1n) is 4.98. The third-order valence-electron chi connectivity index (χ3n) is 1.88. The monoisotopic (exact) mass is 307 g/mol. The standard InChI is InChI=1S/C10H15BrClN3O/c1-16-5-4-13-2-3-14-10-9(11)6-8(12)7-15-10/h6-7,13H,2-5H2,1H3,(H,14,15). The Morgan fingerprint density at radius 1 is 1.44 bits per heavy atom. The van der Waals surface area contributed by atoms with E-state index in [9.17, 15) is 0 Å². The Bertz CT molecular complexity index is 325. The molecule has 6 heteroatoms. The molecule has 0 bridgehead atoms. The summed E-state index contributed by atoms with van der Waals surface area (Å²) in [4.78, 5) is 4.17. The molecule has 0 fully saturated rings. The van der Waals surface area contributed by atoms with E-state index in [1.54, 1.807) is 13.3 Å². The fraction of sp³-hybridized carbons (Fsp3) is 0.500. The molecule has 0 radical (unpaired) electrons. The van der Waals surface area contributed by atoms with Gasteiger partial charge in [-0.1, -0.05) is 11.6 Å². The summed E-state index contributed by atoms with van der Waals surface area (Å²) in [7, 11) is 1.69. The molecule has 0 aliphatic carbocycles. The van der Waals surface area contributed by atoms with Gasteiger partial charge in [-0.25, -0.2) is 4.98 Å². The molecule has 0 saturated carbocycles. The van der Waals surface area contributed by atoms with E-state index < -0.39 is 0 Å². The molecule has 2 N–H and O–H groups in total. The average molecular weight is 309 g/mol. The molecule has 1 heterocycles. The van der Waals surface area contributed by atoms with Crippen LogP contribution in [0.25, 0.3) is 0 Å². The second-order valence-corrected chi connectivity index (χ2v) is 4.44. The van der Waals surface area contributed by atoms with Crippen LogP contribution in [-0.2, 0) is 4.74 Å². The summed E-state index contributed by atoms with van der Waals surface area (Å²) >= 11 is 9.18. The Balaban J connectivity index is 2.21. The number of hydrogen-bond donors (Lipinski definition) is 2. The summed E-state index contributed by atoms with van der Waals surface area (Å²) in [6.07, 6.45) is 1.62. The van der Waals surface area contributed by atoms with Crippen LogP contribution in [-0.4, -0.2) is 38.3 Å². The first kappa shape index (κ1) is 13.7. The molecule has 0 atom stereocenters. The molecule has 0 spiro atoms. The lowest BCUT2D eigenvalue weighted by atomic mass is 10.4. The Hall–Kier alpha value is -0.360. The van der Waals surface area contributed by atoms with Crippen LogP contribution in [0, 0.1) is 0 Å². The highest BCUT2D eigenvalue weighted by atomic mass is 79.9. The van der Waals surface area contributed by atoms with Crippen LogP contribution >= 0.6 is 27.5 Å². The molecule has 0 amide bonds. The molecule has 16 heavy (non-hydrogen) atoms. The van der Waals surface area contributed by atoms with Crippen molar-refractivity contribution in [3.8, 4) is 0 Å². The van der Waals surface area contributed by atoms with E-state index in [0.29, 0.717) is 5.02 Å². The Kier molecular flexibility index (Phi) is 6.71. The summed E-state index contributed by atoms with van der Waals surface area (Å²) in [5.74, 6) is 0.804. The summed E-state index contributed by atoms with van der Waals surface area (Å²) < 4.78 is 5.79. The molecule has 0 saturated heterocycles. The number of halogens is 2. The van der Waals surface area contributed by atoms with Crippen molar-refractivity contribution in [2.24, 2.45) is 0 Å². The minimum atomic E-state index is 0.621. The van der Waals surface area contributed by atoms with Gasteiger partial charge in [0.2, 0.25) is 0 Å². The minimum Gasteiger partial charge on any atom is -0.383 e. The fourth-order valence-corrected chi connectivity index (χ4v) is 1.89. The maximum atomic E-state index is 5.79. The van der Waals surface area contributed by atoms with Gasteiger partial charge in [-0.15, -0.1) is 0 Å². The highest BCUT2D eigenvalue weighted by molar-refractivity contribution is 9.10. The molecule has 1 aromatic rings. The number of ether oxygens (including phenoxy) is 1. The van der Waals surface area contributed by atoms with Crippen molar-refractivity contribution in [2.75, 3.05) is 38.7 Å². The Morgan fingerprint density at radius 3 is 2.94 bits per heavy atom. The predicted molar refractivity (Wildman–Crippen MR) is 70.2 cm³/mol. The highest BCUT2D eigenvalue weighted by Crippen LogP contribution is 2.22. The van der Waals surface area contributed by atoms with E-state index in [2.05, 4.69) is 31.5 Å². The fourth-order valence-electron chi connectivity index (χ4n) is 1.11. The lowest BCUT2D eigenvalue weighted by molar-refractivity contribution is 0.200. The zero-order valence-corrected chi connectivity index (χ0v) is 11.4. The summed E-state index contributed by atoms with van der Waals surface area (Å²) in [6.45, 7) is 3.24. The smallest absolute Gasteiger partial charge is 0.140 e. The lowest BCUT2D eigenvalue weighted by Gasteiger charge is -2.08. The van der Waals surface area contributed by atoms with Crippen molar-refractivity contribution in [3.05, 3.63) is 21.8 Å². The second-order valence-electron chi connectivity index (χ2n) is 3.15. The normalized spacial score (nSPS) is 10.4. The van der Waals surface area contributed by atoms with Gasteiger partial charge in [-0.3, -0.25) is 0 Å². The zero-order valence-electron chi connectivity index (χ0n) is 9.09. The molecular formula is C10H15BrClN3O. The summed E-state index contributed by atoms with van der Waals surface area (Å²) in [5.41, 5.74) is 0. The van der Waals surface area contributed by atoms with Crippen LogP contribution < -0.4 is 10.6 Å². The number of anilines is 1. The van der Waals surface area contributed by atoms with Crippen molar-refractivity contribution < 1.29 is 4.74 Å². The molecule has 4 nitrogen and oxygen atoms in total. The van der Waals surface area contributed by atoms with E-state index in [1.807, 2.05) is 6.07 Å². The number of nitrogens with zero attached hydrogens (tertiary/aromatic N) is 1. The number of methoxy groups -OCH3 is 1. The van der Waals surface area contributed by atoms with Crippen molar-refractivity contribution in [3.63, 3.8) is 0 Å². The van der Waals surface area contributed by atoms with E-state index in [1.165, 1.54) is 0 Å². The largest absolute Gasteiger partial charge is 0.383 e. The van der Waals surface area contributed by atoms with Crippen LogP contribution in [0.1, 0.15) is 0 Å². The van der Waals surface area contributed by atoms with Gasteiger partial charge in [0.1, 0.15) is 5.82 Å². The van der Waals surface area contributed by atoms with Gasteiger partial charge in [0.25, 0.3) is 0 Å². The number of hydrogen-bond acceptors (Lipinski definition) is 4. The number of nitrogens with one attached hydrogen (secondary N) is 2. The second kappa shape index (κ2) is 7.84. The molecule has 0 aliphatic rings. The number of rotatable bonds is 7. The lowest BCUT2D eigenvalue weighted by Crippen LogP contribution is -2.25. The van der Waals surface area contributed by atoms with Crippen molar-refractivity contribution in [1.29, 1.82) is 0 Å². The van der Waals surface area contributed by atoms with Gasteiger partial charge in [0, 0.05) is 32.9 Å². The van der Waals surface area contributed by atoms with Gasteiger partial charge in [0.15, 0.2) is 0 Å². The van der Waals surface area contributed by atoms with E-state index in [-0.39, 0.29) is 0 Å². The molecule has 90 valence electrons. The molecule has 1 rings (SSSR count). The minimum absolute atomic E-state index is 0.621. The zero-order chi connectivity index (χ0) is 11.8. The average Bonchev–Trinajstić information content (AvgIpc) is 2.26. The number of pyridine rings is 1. The van der Waals surface area contributed by atoms with Crippen LogP contribution in [0.15, 0.2) is 16.7 Å². The van der Waals surface area contributed by atoms with Gasteiger partial charge in [-0.05, 0) is 22.0 Å². The van der Waals surface area contributed by atoms with Crippen LogP contribution in [0.4, 0.5) is 5.82 Å². The summed E-state index contributed by atoms with van der Waals surface area (Å²) in [5, 5.41) is 7.05. The summed E-state index contributed by atoms with van der Waals surface area (Å²) in [6, 6.07) is 1.81. The quantitative estimate of drug-likeness (QED) is 0.758. The highest BCUT2D eigenvalue weighted by Gasteiger charge is 2.00. The molecule has 0 unspecified atom stereocenters. The van der Waals surface area contributed by atoms with Crippen molar-refractivity contribution in [1.82, 2.24) is 10.3 Å². The van der Waals surface area contributed by atoms with Crippen LogP contribution in [0.3, 0.4) is 0 Å². The van der Waals surface area contributed by atoms with Crippen molar-refractivity contribution >= 4 is 33.3 Å². The van der Waals surface area contributed by atoms with Crippen LogP contribution in [0.2, 0.25) is 5.02 Å². The van der Waals surface area contributed by atoms with Gasteiger partial charge < -0.3 is 15.4 Å². The Labute approximate surface area is 109 Å². The van der Waals surface area contributed by atoms with E-state index in [0.717, 1.165) is 36.5 Å². The SMILES string of the molecule is COCCNCCNc1ncc(Cl)cc1Br. The van der Waals surface area contributed by atoms with Crippen LogP contribution in [0.5, 0.6) is 0 Å². The third-order valence-corrected chi connectivity index (χ3v) is 2.70. The van der Waals surface area contributed by atoms with Crippen molar-refractivity contribution in [2.45, 2.75) is 0 Å². The first-order chi connectivity index (χ1) is 7.74. The molecular weight excluding hydrogens is 293 g/mol. The van der Waals surface area contributed by atoms with E-state index >= 15 is 0 Å². The molecule has 0 aromatic carbocycles. The topological polar surface area (TPSA) is 46.2 Å². The number of aromatic nitrogens is 1. The predicted octanol–water partition coefficient (Wildman–Crippen LogP) is 2.15. The van der Waals surface area contributed by atoms with Gasteiger partial charge in [-0.2, -0.15) is 0 Å². The van der Waals surface area contributed by atoms with Gasteiger partial charge >= 0.3 is 0 Å². The third kappa shape index (κ3) is 5.12. The van der Waals surface area contributed by atoms with Gasteiger partial charge in [0.05, 0.1) is 16.1 Å². The van der Waals surface area contributed by atoms with E-state index in [4.69, 9.17) is 16.3 Å². The maximum Gasteiger partial charge on any atom is 0.140 e. The Morgan fingerprint density at radius 2 is 2.25 bits per heavy atom. The maximum absolute atomic E-state index is 5.79.